The zero-order chi connectivity index (χ0) is 19.6. The quantitative estimate of drug-likeness (QED) is 0.465. The second-order valence-electron chi connectivity index (χ2n) is 9.20. The molecular formula is C23H34OSSi. The second-order valence-corrected chi connectivity index (χ2v) is 16.5. The Morgan fingerprint density at radius 3 is 1.96 bits per heavy atom. The van der Waals surface area contributed by atoms with Gasteiger partial charge in [-0.15, -0.1) is 11.8 Å². The number of rotatable bonds is 5. The van der Waals surface area contributed by atoms with Gasteiger partial charge < -0.3 is 5.11 Å². The van der Waals surface area contributed by atoms with Crippen molar-refractivity contribution < 1.29 is 5.11 Å². The van der Waals surface area contributed by atoms with Gasteiger partial charge in [-0.3, -0.25) is 0 Å². The third-order valence-corrected chi connectivity index (χ3v) is 15.1. The van der Waals surface area contributed by atoms with Crippen LogP contribution in [0.4, 0.5) is 0 Å². The molecule has 0 fully saturated rings. The number of hydrogen-bond acceptors (Lipinski definition) is 2. The van der Waals surface area contributed by atoms with Crippen molar-refractivity contribution in [2.24, 2.45) is 0 Å². The largest absolute Gasteiger partial charge is 0.508 e. The summed E-state index contributed by atoms with van der Waals surface area (Å²) in [5, 5.41) is 13.2. The van der Waals surface area contributed by atoms with Crippen LogP contribution in [0.1, 0.15) is 54.0 Å². The highest BCUT2D eigenvalue weighted by Crippen LogP contribution is 2.52. The number of aromatic hydroxyl groups is 1. The van der Waals surface area contributed by atoms with E-state index in [1.165, 1.54) is 4.90 Å². The molecule has 2 aromatic carbocycles. The molecule has 1 N–H and O–H groups in total. The van der Waals surface area contributed by atoms with Crippen LogP contribution in [0.2, 0.25) is 10.1 Å². The molecule has 0 amide bonds. The van der Waals surface area contributed by atoms with Crippen molar-refractivity contribution in [1.82, 2.24) is 0 Å². The van der Waals surface area contributed by atoms with E-state index in [-0.39, 0.29) is 10.1 Å². The van der Waals surface area contributed by atoms with Gasteiger partial charge in [-0.05, 0) is 45.6 Å². The Labute approximate surface area is 165 Å². The van der Waals surface area contributed by atoms with E-state index in [1.54, 1.807) is 5.19 Å². The lowest BCUT2D eigenvalue weighted by molar-refractivity contribution is 0.468. The van der Waals surface area contributed by atoms with Crippen molar-refractivity contribution >= 4 is 25.0 Å². The normalized spacial score (nSPS) is 13.0. The lowest BCUT2D eigenvalue weighted by Crippen LogP contribution is -2.63. The third-order valence-electron chi connectivity index (χ3n) is 5.71. The van der Waals surface area contributed by atoms with Crippen molar-refractivity contribution in [2.75, 3.05) is 5.38 Å². The van der Waals surface area contributed by atoms with E-state index >= 15 is 0 Å². The molecule has 0 aromatic heterocycles. The highest BCUT2D eigenvalue weighted by atomic mass is 32.2. The summed E-state index contributed by atoms with van der Waals surface area (Å²) < 4.78 is 0. The van der Waals surface area contributed by atoms with Gasteiger partial charge in [-0.25, -0.2) is 0 Å². The number of phenols is 1. The van der Waals surface area contributed by atoms with Gasteiger partial charge in [0.25, 0.3) is 0 Å². The number of phenolic OH excluding ortho intramolecular Hbond substituents is 1. The molecule has 0 aliphatic carbocycles. The van der Waals surface area contributed by atoms with E-state index < -0.39 is 8.07 Å². The van der Waals surface area contributed by atoms with Crippen LogP contribution in [0.3, 0.4) is 0 Å². The molecule has 0 aliphatic rings. The maximum absolute atomic E-state index is 10.00. The monoisotopic (exact) mass is 386 g/mol. The van der Waals surface area contributed by atoms with Gasteiger partial charge >= 0.3 is 0 Å². The van der Waals surface area contributed by atoms with Crippen molar-refractivity contribution in [3.63, 3.8) is 0 Å². The molecule has 2 rings (SSSR count). The summed E-state index contributed by atoms with van der Waals surface area (Å²) in [6.45, 7) is 16.6. The number of aryl methyl sites for hydroxylation is 1. The summed E-state index contributed by atoms with van der Waals surface area (Å²) in [5.74, 6) is 0.412. The first-order valence-corrected chi connectivity index (χ1v) is 12.7. The van der Waals surface area contributed by atoms with Gasteiger partial charge in [0.15, 0.2) is 0 Å². The zero-order valence-electron chi connectivity index (χ0n) is 17.4. The van der Waals surface area contributed by atoms with Gasteiger partial charge in [0.1, 0.15) is 13.8 Å². The standard InChI is InChI=1S/C23H34OSSi/c1-8-18-16-19(14-15-21(18)24)25-17-26(22(2,3)4,23(5,6)7)20-12-10-9-11-13-20/h9-16,24H,8,17H2,1-7H3. The van der Waals surface area contributed by atoms with Crippen molar-refractivity contribution in [3.05, 3.63) is 54.1 Å². The van der Waals surface area contributed by atoms with E-state index in [9.17, 15) is 5.11 Å². The van der Waals surface area contributed by atoms with E-state index in [4.69, 9.17) is 0 Å². The van der Waals surface area contributed by atoms with E-state index in [0.717, 1.165) is 17.4 Å². The lowest BCUT2D eigenvalue weighted by Gasteiger charge is -2.52. The molecule has 0 unspecified atom stereocenters. The molecule has 0 bridgehead atoms. The lowest BCUT2D eigenvalue weighted by atomic mass is 10.1. The Hall–Kier alpha value is -1.19. The van der Waals surface area contributed by atoms with Crippen LogP contribution in [0.5, 0.6) is 5.75 Å². The SMILES string of the molecule is CCc1cc(SC[Si](c2ccccc2)(C(C)(C)C)C(C)(C)C)ccc1O. The second kappa shape index (κ2) is 7.81. The predicted octanol–water partition coefficient (Wildman–Crippen LogP) is 6.54. The molecule has 0 saturated heterocycles. The fourth-order valence-corrected chi connectivity index (χ4v) is 15.2. The van der Waals surface area contributed by atoms with Crippen LogP contribution < -0.4 is 5.19 Å². The minimum absolute atomic E-state index is 0.240. The maximum Gasteiger partial charge on any atom is 0.118 e. The fourth-order valence-electron chi connectivity index (χ4n) is 4.36. The first kappa shape index (κ1) is 21.1. The van der Waals surface area contributed by atoms with Gasteiger partial charge in [-0.1, -0.05) is 84.0 Å². The van der Waals surface area contributed by atoms with Crippen LogP contribution >= 0.6 is 11.8 Å². The molecular weight excluding hydrogens is 352 g/mol. The average molecular weight is 387 g/mol. The molecule has 26 heavy (non-hydrogen) atoms. The van der Waals surface area contributed by atoms with Crippen molar-refractivity contribution in [2.45, 2.75) is 69.9 Å². The summed E-state index contributed by atoms with van der Waals surface area (Å²) in [6, 6.07) is 17.3. The van der Waals surface area contributed by atoms with Crippen LogP contribution in [0.25, 0.3) is 0 Å². The average Bonchev–Trinajstić information content (AvgIpc) is 2.55. The third kappa shape index (κ3) is 4.04. The summed E-state index contributed by atoms with van der Waals surface area (Å²) in [4.78, 5) is 1.26. The minimum atomic E-state index is -1.90. The van der Waals surface area contributed by atoms with Gasteiger partial charge in [0.05, 0.1) is 0 Å². The molecule has 2 aromatic rings. The van der Waals surface area contributed by atoms with Crippen LogP contribution in [0.15, 0.2) is 53.4 Å². The zero-order valence-corrected chi connectivity index (χ0v) is 19.2. The Bertz CT molecular complexity index is 712. The molecule has 142 valence electrons. The minimum Gasteiger partial charge on any atom is -0.508 e. The summed E-state index contributed by atoms with van der Waals surface area (Å²) in [5.41, 5.74) is 1.04. The van der Waals surface area contributed by atoms with Crippen molar-refractivity contribution in [3.8, 4) is 5.75 Å². The summed E-state index contributed by atoms with van der Waals surface area (Å²) in [7, 11) is -1.90. The van der Waals surface area contributed by atoms with Crippen LogP contribution in [0, 0.1) is 0 Å². The number of thioether (sulfide) groups is 1. The fraction of sp³-hybridized carbons (Fsp3) is 0.478. The predicted molar refractivity (Wildman–Crippen MR) is 119 cm³/mol. The van der Waals surface area contributed by atoms with Gasteiger partial charge in [0, 0.05) is 4.90 Å². The Morgan fingerprint density at radius 2 is 1.46 bits per heavy atom. The topological polar surface area (TPSA) is 20.2 Å². The maximum atomic E-state index is 10.00. The van der Waals surface area contributed by atoms with Crippen LogP contribution in [-0.2, 0) is 6.42 Å². The van der Waals surface area contributed by atoms with E-state index in [1.807, 2.05) is 17.8 Å². The van der Waals surface area contributed by atoms with E-state index in [0.29, 0.717) is 5.75 Å². The summed E-state index contributed by atoms with van der Waals surface area (Å²) in [6.07, 6.45) is 0.861. The molecule has 0 spiro atoms. The molecule has 0 heterocycles. The van der Waals surface area contributed by atoms with Gasteiger partial charge in [0.2, 0.25) is 0 Å². The summed E-state index contributed by atoms with van der Waals surface area (Å²) >= 11 is 1.96. The smallest absolute Gasteiger partial charge is 0.118 e. The molecule has 0 atom stereocenters. The van der Waals surface area contributed by atoms with E-state index in [2.05, 4.69) is 90.9 Å². The van der Waals surface area contributed by atoms with Crippen molar-refractivity contribution in [1.29, 1.82) is 0 Å². The highest BCUT2D eigenvalue weighted by molar-refractivity contribution is 8.01. The first-order chi connectivity index (χ1) is 12.0. The van der Waals surface area contributed by atoms with Gasteiger partial charge in [-0.2, -0.15) is 0 Å². The molecule has 0 radical (unpaired) electrons. The number of benzene rings is 2. The molecule has 1 nitrogen and oxygen atoms in total. The number of hydrogen-bond donors (Lipinski definition) is 1. The Morgan fingerprint density at radius 1 is 0.885 bits per heavy atom. The molecule has 0 saturated carbocycles. The first-order valence-electron chi connectivity index (χ1n) is 9.53. The molecule has 0 aliphatic heterocycles. The molecule has 3 heteroatoms. The Kier molecular flexibility index (Phi) is 6.35. The highest BCUT2D eigenvalue weighted by Gasteiger charge is 2.53. The van der Waals surface area contributed by atoms with Crippen LogP contribution in [-0.4, -0.2) is 18.6 Å². The Balaban J connectivity index is 2.49.